The molecule has 28 heteroatoms. The summed E-state index contributed by atoms with van der Waals surface area (Å²) < 4.78 is 51.0. The molecule has 100 heavy (non-hydrogen) atoms. The fourth-order valence-corrected chi connectivity index (χ4v) is 13.2. The molecule has 0 bridgehead atoms. The van der Waals surface area contributed by atoms with Crippen LogP contribution < -0.4 is 36.8 Å². The number of aliphatic imine (C=N–C) groups is 1. The number of nitrogens with zero attached hydrogens (tertiary/aromatic N) is 3. The summed E-state index contributed by atoms with van der Waals surface area (Å²) in [4.78, 5) is 99.3. The van der Waals surface area contributed by atoms with E-state index in [9.17, 15) is 43.8 Å². The van der Waals surface area contributed by atoms with Crippen LogP contribution in [0, 0.1) is 23.2 Å². The number of fused-ring (bicyclic) bond motifs is 3. The molecule has 7 rings (SSSR count). The van der Waals surface area contributed by atoms with Crippen molar-refractivity contribution in [3.05, 3.63) is 82.4 Å². The summed E-state index contributed by atoms with van der Waals surface area (Å²) in [5.74, 6) is 0.902. The standard InChI is InChI=1S/C72H99N9O18S/c1-6-27-91-31-35-95-39-42-98-38-34-94-30-26-81(65(86)18-23-77-69(87)49-12-15-52(55(43-49)70(88)89)66-53-16-13-50(73)44-60(53)99-61-45-51(80(4)5)14-17-54(61)66)25-19-64(85)75-22-9-21-74-56(67-58(82)46-72(2,3)47-59(67)83)20-28-92-32-36-96-40-41-97-37-33-93-29-24-76-63(84)11-8-7-10-62-68-57(48-100-62)78-71(90)79-68/h1,12-17,43-45,57,62,68,73,82H,7-11,18-42,46-48H2,2-5H3,(H,75,85)(H,76,84)(H,77,87)(H,88,89)(H2,78,79,90)/t57-,62-,68-/m0/s1. The van der Waals surface area contributed by atoms with Crippen LogP contribution in [0.15, 0.2) is 75.3 Å². The Morgan fingerprint density at radius 3 is 2.04 bits per heavy atom. The topological polar surface area (TPSA) is 350 Å². The maximum absolute atomic E-state index is 13.9. The van der Waals surface area contributed by atoms with E-state index >= 15 is 0 Å². The van der Waals surface area contributed by atoms with E-state index in [1.54, 1.807) is 24.3 Å². The minimum atomic E-state index is -1.27. The van der Waals surface area contributed by atoms with Gasteiger partial charge in [0.1, 0.15) is 23.7 Å². The van der Waals surface area contributed by atoms with Gasteiger partial charge in [0.25, 0.3) is 5.91 Å². The molecule has 0 saturated carbocycles. The van der Waals surface area contributed by atoms with Crippen molar-refractivity contribution >= 4 is 75.5 Å². The largest absolute Gasteiger partial charge is 0.511 e. The molecule has 27 nitrogen and oxygen atoms in total. The highest BCUT2D eigenvalue weighted by Gasteiger charge is 2.42. The van der Waals surface area contributed by atoms with E-state index in [4.69, 9.17) is 59.1 Å². The number of aliphatic hydroxyl groups excluding tert-OH is 1. The number of Topliss-reactive ketones (excluding diaryl/α,β-unsaturated/α-hetero) is 1. The fourth-order valence-electron chi connectivity index (χ4n) is 11.7. The summed E-state index contributed by atoms with van der Waals surface area (Å²) in [5, 5.41) is 45.6. The van der Waals surface area contributed by atoms with Gasteiger partial charge < -0.3 is 94.3 Å². The highest BCUT2D eigenvalue weighted by Crippen LogP contribution is 2.43. The molecule has 0 spiro atoms. The quantitative estimate of drug-likeness (QED) is 0.00834. The number of unbranched alkanes of at least 4 members (excludes halogenated alkanes) is 1. The maximum atomic E-state index is 13.9. The number of thioether (sulfide) groups is 1. The number of benzene rings is 3. The van der Waals surface area contributed by atoms with E-state index in [0.717, 1.165) is 30.7 Å². The number of aromatic carboxylic acids is 1. The second-order valence-electron chi connectivity index (χ2n) is 25.3. The lowest BCUT2D eigenvalue weighted by Crippen LogP contribution is -2.39. The predicted octanol–water partition coefficient (Wildman–Crippen LogP) is 5.93. The smallest absolute Gasteiger partial charge is 0.336 e. The van der Waals surface area contributed by atoms with Gasteiger partial charge in [-0.2, -0.15) is 11.8 Å². The van der Waals surface area contributed by atoms with E-state index in [2.05, 4.69) is 32.5 Å². The Hall–Kier alpha value is -7.98. The highest BCUT2D eigenvalue weighted by atomic mass is 32.2. The summed E-state index contributed by atoms with van der Waals surface area (Å²) in [6, 6.07) is 15.1. The number of carboxylic acid groups (broad SMARTS) is 1. The third-order valence-corrected chi connectivity index (χ3v) is 18.3. The number of urea groups is 1. The zero-order valence-electron chi connectivity index (χ0n) is 58.0. The second kappa shape index (κ2) is 42.3. The van der Waals surface area contributed by atoms with Crippen molar-refractivity contribution in [1.29, 1.82) is 5.41 Å². The van der Waals surface area contributed by atoms with Crippen LogP contribution in [0.25, 0.3) is 33.4 Å². The molecule has 2 aromatic carbocycles. The molecule has 546 valence electrons. The molecule has 5 aliphatic rings. The lowest BCUT2D eigenvalue weighted by molar-refractivity contribution is -0.132. The number of anilines is 1. The highest BCUT2D eigenvalue weighted by molar-refractivity contribution is 8.00. The Labute approximate surface area is 588 Å². The van der Waals surface area contributed by atoms with Crippen molar-refractivity contribution in [2.45, 2.75) is 95.4 Å². The zero-order chi connectivity index (χ0) is 71.7. The summed E-state index contributed by atoms with van der Waals surface area (Å²) in [6.07, 6.45) is 9.33. The van der Waals surface area contributed by atoms with Gasteiger partial charge in [-0.15, -0.1) is 6.42 Å². The fraction of sp³-hybridized carbons (Fsp3) is 0.569. The third-order valence-electron chi connectivity index (χ3n) is 16.7. The average Bonchev–Trinajstić information content (AvgIpc) is 1.00. The minimum Gasteiger partial charge on any atom is -0.511 e. The lowest BCUT2D eigenvalue weighted by Gasteiger charge is -2.30. The molecule has 0 radical (unpaired) electrons. The number of ether oxygens (including phenoxy) is 8. The van der Waals surface area contributed by atoms with Gasteiger partial charge in [-0.3, -0.25) is 29.0 Å². The molecule has 3 atom stereocenters. The number of carboxylic acids is 1. The first-order valence-electron chi connectivity index (χ1n) is 34.2. The number of nitrogens with one attached hydrogen (secondary N) is 6. The number of hydrogen-bond acceptors (Lipinski definition) is 21. The molecule has 2 saturated heterocycles. The van der Waals surface area contributed by atoms with Crippen molar-refractivity contribution < 1.29 is 86.1 Å². The molecule has 2 aromatic rings. The lowest BCUT2D eigenvalue weighted by atomic mass is 9.75. The van der Waals surface area contributed by atoms with Gasteiger partial charge in [0.2, 0.25) is 17.7 Å². The Kier molecular flexibility index (Phi) is 33.6. The van der Waals surface area contributed by atoms with Crippen molar-refractivity contribution in [3.8, 4) is 34.8 Å². The van der Waals surface area contributed by atoms with E-state index in [1.165, 1.54) is 17.0 Å². The van der Waals surface area contributed by atoms with Crippen LogP contribution in [0.5, 0.6) is 0 Å². The zero-order valence-corrected chi connectivity index (χ0v) is 58.8. The van der Waals surface area contributed by atoms with Crippen LogP contribution in [0.2, 0.25) is 0 Å². The van der Waals surface area contributed by atoms with Crippen LogP contribution in [-0.2, 0) is 57.1 Å². The molecule has 2 aliphatic carbocycles. The first kappa shape index (κ1) is 79.3. The van der Waals surface area contributed by atoms with Gasteiger partial charge in [-0.25, -0.2) is 9.59 Å². The number of amides is 6. The van der Waals surface area contributed by atoms with Gasteiger partial charge in [-0.05, 0) is 66.6 Å². The normalized spacial score (nSPS) is 16.5. The molecule has 2 fully saturated rings. The monoisotopic (exact) mass is 1410 g/mol. The average molecular weight is 1410 g/mol. The predicted molar refractivity (Wildman–Crippen MR) is 378 cm³/mol. The van der Waals surface area contributed by atoms with Crippen LogP contribution in [-0.4, -0.2) is 244 Å². The number of allylic oxidation sites excluding steroid dienone is 2. The van der Waals surface area contributed by atoms with Crippen molar-refractivity contribution in [1.82, 2.24) is 31.5 Å². The van der Waals surface area contributed by atoms with Gasteiger partial charge in [0, 0.05) is 143 Å². The number of terminal acetylenes is 1. The number of aliphatic hydroxyl groups is 1. The van der Waals surface area contributed by atoms with Gasteiger partial charge >= 0.3 is 12.0 Å². The Morgan fingerprint density at radius 1 is 0.710 bits per heavy atom. The Bertz CT molecular complexity index is 3500. The van der Waals surface area contributed by atoms with Crippen LogP contribution in [0.3, 0.4) is 0 Å². The number of hydrogen-bond donors (Lipinski definition) is 8. The first-order chi connectivity index (χ1) is 48.3. The molecule has 6 amide bonds. The van der Waals surface area contributed by atoms with Crippen LogP contribution in [0.1, 0.15) is 98.8 Å². The SMILES string of the molecule is C#CCOCCOCCOCCOCCN(CCC(=O)NCCCN=C(CCOCCOCCOCCOCCNC(=O)CCCC[C@@H]1SC[C@@H]2NC(=O)N[C@@H]21)C1=C(O)CC(C)(C)CC1=O)C(=O)CCNC(=O)c1ccc(-c2c3ccc(=N)cc-3oc3cc(N(C)C)ccc23)c(C(=O)O)c1. The number of ketones is 1. The minimum absolute atomic E-state index is 0.00688. The number of rotatable bonds is 48. The number of carbonyl (C=O) groups excluding carboxylic acids is 6. The summed E-state index contributed by atoms with van der Waals surface area (Å²) in [6.45, 7) is 9.58. The van der Waals surface area contributed by atoms with E-state index < -0.39 is 17.3 Å². The Balaban J connectivity index is 0.822. The molecular formula is C72H99N9O18S. The number of carbonyl (C=O) groups is 7. The summed E-state index contributed by atoms with van der Waals surface area (Å²) >= 11 is 1.87. The molecule has 0 aromatic heterocycles. The summed E-state index contributed by atoms with van der Waals surface area (Å²) in [5.41, 5.74) is 2.94. The maximum Gasteiger partial charge on any atom is 0.336 e. The van der Waals surface area contributed by atoms with E-state index in [0.29, 0.717) is 136 Å². The van der Waals surface area contributed by atoms with Crippen LogP contribution >= 0.6 is 11.8 Å². The molecule has 3 heterocycles. The Morgan fingerprint density at radius 2 is 1.36 bits per heavy atom. The van der Waals surface area contributed by atoms with Crippen molar-refractivity contribution in [2.24, 2.45) is 10.4 Å². The van der Waals surface area contributed by atoms with Crippen LogP contribution in [0.4, 0.5) is 10.5 Å². The van der Waals surface area contributed by atoms with E-state index in [1.807, 2.05) is 62.8 Å². The van der Waals surface area contributed by atoms with Gasteiger partial charge in [0.05, 0.1) is 133 Å². The molecular weight excluding hydrogens is 1310 g/mol. The van der Waals surface area contributed by atoms with Crippen molar-refractivity contribution in [2.75, 3.05) is 170 Å². The van der Waals surface area contributed by atoms with Gasteiger partial charge in [-0.1, -0.05) is 32.3 Å². The molecule has 3 aliphatic heterocycles. The molecule has 8 N–H and O–H groups in total. The molecule has 0 unspecified atom stereocenters. The first-order valence-corrected chi connectivity index (χ1v) is 35.3. The third kappa shape index (κ3) is 26.2. The van der Waals surface area contributed by atoms with Gasteiger partial charge in [0.15, 0.2) is 5.78 Å². The van der Waals surface area contributed by atoms with Crippen molar-refractivity contribution in [3.63, 3.8) is 0 Å². The second-order valence-corrected chi connectivity index (χ2v) is 26.5. The summed E-state index contributed by atoms with van der Waals surface area (Å²) in [7, 11) is 3.78. The van der Waals surface area contributed by atoms with E-state index in [-0.39, 0.29) is 167 Å².